The van der Waals surface area contributed by atoms with Crippen LogP contribution in [0.2, 0.25) is 0 Å². The quantitative estimate of drug-likeness (QED) is 0.896. The maximum atomic E-state index is 13.6. The van der Waals surface area contributed by atoms with E-state index in [1.165, 1.54) is 17.4 Å². The molecular weight excluding hydrogens is 235 g/mol. The first-order valence-corrected chi connectivity index (χ1v) is 6.54. The molecule has 0 saturated heterocycles. The second kappa shape index (κ2) is 5.38. The largest absolute Gasteiger partial charge is 0.309 e. The zero-order valence-corrected chi connectivity index (χ0v) is 10.7. The fourth-order valence-electron chi connectivity index (χ4n) is 1.65. The fraction of sp³-hybridized carbons (Fsp3) is 0.308. The van der Waals surface area contributed by atoms with Gasteiger partial charge in [0.15, 0.2) is 0 Å². The number of nitrogens with one attached hydrogen (secondary N) is 1. The summed E-state index contributed by atoms with van der Waals surface area (Å²) in [6, 6.07) is 6.94. The number of rotatable bonds is 4. The number of thiazole rings is 1. The molecule has 0 radical (unpaired) electrons. The number of hydrogen-bond donors (Lipinski definition) is 1. The molecule has 1 heterocycles. The molecule has 0 aliphatic carbocycles. The lowest BCUT2D eigenvalue weighted by atomic mass is 10.2. The molecule has 0 aliphatic heterocycles. The molecule has 1 atom stereocenters. The molecular formula is C13H15FN2S. The van der Waals surface area contributed by atoms with E-state index in [4.69, 9.17) is 0 Å². The predicted octanol–water partition coefficient (Wildman–Crippen LogP) is 3.62. The van der Waals surface area contributed by atoms with Crippen LogP contribution in [0.15, 0.2) is 29.6 Å². The molecule has 1 unspecified atom stereocenters. The third-order valence-electron chi connectivity index (χ3n) is 2.58. The third kappa shape index (κ3) is 2.70. The van der Waals surface area contributed by atoms with E-state index in [9.17, 15) is 4.39 Å². The average Bonchev–Trinajstić information content (AvgIpc) is 2.79. The van der Waals surface area contributed by atoms with Gasteiger partial charge in [-0.05, 0) is 25.6 Å². The Balaban J connectivity index is 2.27. The summed E-state index contributed by atoms with van der Waals surface area (Å²) in [4.78, 5) is 4.48. The van der Waals surface area contributed by atoms with Crippen LogP contribution in [-0.2, 0) is 0 Å². The van der Waals surface area contributed by atoms with E-state index in [-0.39, 0.29) is 11.9 Å². The topological polar surface area (TPSA) is 24.9 Å². The van der Waals surface area contributed by atoms with Crippen molar-refractivity contribution < 1.29 is 4.39 Å². The summed E-state index contributed by atoms with van der Waals surface area (Å²) in [6.07, 6.45) is 0. The van der Waals surface area contributed by atoms with Crippen LogP contribution in [0.3, 0.4) is 0 Å². The lowest BCUT2D eigenvalue weighted by Gasteiger charge is -2.08. The summed E-state index contributed by atoms with van der Waals surface area (Å²) < 4.78 is 13.6. The molecule has 1 aromatic heterocycles. The minimum absolute atomic E-state index is 0.205. The van der Waals surface area contributed by atoms with Crippen molar-refractivity contribution in [1.29, 1.82) is 0 Å². The number of aromatic nitrogens is 1. The van der Waals surface area contributed by atoms with Gasteiger partial charge in [-0.15, -0.1) is 11.3 Å². The molecule has 17 heavy (non-hydrogen) atoms. The number of benzene rings is 1. The summed E-state index contributed by atoms with van der Waals surface area (Å²) in [7, 11) is 0. The van der Waals surface area contributed by atoms with E-state index < -0.39 is 0 Å². The molecule has 0 amide bonds. The van der Waals surface area contributed by atoms with E-state index in [2.05, 4.69) is 24.1 Å². The van der Waals surface area contributed by atoms with Crippen LogP contribution < -0.4 is 5.32 Å². The molecule has 0 bridgehead atoms. The summed E-state index contributed by atoms with van der Waals surface area (Å²) >= 11 is 1.48. The first-order chi connectivity index (χ1) is 8.22. The standard InChI is InChI=1S/C13H15FN2S/c1-3-15-9(2)12-8-17-13(16-12)10-6-4-5-7-11(10)14/h4-9,15H,3H2,1-2H3. The predicted molar refractivity (Wildman–Crippen MR) is 69.6 cm³/mol. The number of hydrogen-bond acceptors (Lipinski definition) is 3. The Morgan fingerprint density at radius 1 is 1.41 bits per heavy atom. The minimum Gasteiger partial charge on any atom is -0.309 e. The highest BCUT2D eigenvalue weighted by molar-refractivity contribution is 7.13. The summed E-state index contributed by atoms with van der Waals surface area (Å²) in [6.45, 7) is 5.01. The van der Waals surface area contributed by atoms with Gasteiger partial charge in [-0.2, -0.15) is 0 Å². The Bertz CT molecular complexity index is 496. The third-order valence-corrected chi connectivity index (χ3v) is 3.47. The van der Waals surface area contributed by atoms with Crippen LogP contribution in [0, 0.1) is 5.82 Å². The van der Waals surface area contributed by atoms with E-state index in [1.807, 2.05) is 11.4 Å². The van der Waals surface area contributed by atoms with Crippen LogP contribution in [0.4, 0.5) is 4.39 Å². The highest BCUT2D eigenvalue weighted by atomic mass is 32.1. The molecule has 1 N–H and O–H groups in total. The Labute approximate surface area is 105 Å². The van der Waals surface area contributed by atoms with Gasteiger partial charge >= 0.3 is 0 Å². The monoisotopic (exact) mass is 250 g/mol. The molecule has 4 heteroatoms. The van der Waals surface area contributed by atoms with Crippen molar-refractivity contribution in [3.05, 3.63) is 41.2 Å². The maximum Gasteiger partial charge on any atom is 0.133 e. The molecule has 90 valence electrons. The van der Waals surface area contributed by atoms with Crippen molar-refractivity contribution in [2.24, 2.45) is 0 Å². The second-order valence-electron chi connectivity index (χ2n) is 3.84. The Morgan fingerprint density at radius 3 is 2.88 bits per heavy atom. The first-order valence-electron chi connectivity index (χ1n) is 5.66. The number of halogens is 1. The van der Waals surface area contributed by atoms with Crippen LogP contribution >= 0.6 is 11.3 Å². The van der Waals surface area contributed by atoms with Gasteiger partial charge in [0, 0.05) is 17.0 Å². The molecule has 0 spiro atoms. The van der Waals surface area contributed by atoms with E-state index in [1.54, 1.807) is 12.1 Å². The van der Waals surface area contributed by atoms with E-state index in [0.717, 1.165) is 17.2 Å². The van der Waals surface area contributed by atoms with E-state index >= 15 is 0 Å². The van der Waals surface area contributed by atoms with Crippen LogP contribution in [0.5, 0.6) is 0 Å². The van der Waals surface area contributed by atoms with Gasteiger partial charge in [-0.3, -0.25) is 0 Å². The molecule has 0 aliphatic rings. The fourth-order valence-corrected chi connectivity index (χ4v) is 2.59. The summed E-state index contributed by atoms with van der Waals surface area (Å²) in [5, 5.41) is 6.01. The van der Waals surface area contributed by atoms with Crippen molar-refractivity contribution in [3.63, 3.8) is 0 Å². The maximum absolute atomic E-state index is 13.6. The zero-order valence-electron chi connectivity index (χ0n) is 9.90. The van der Waals surface area contributed by atoms with Crippen LogP contribution in [0.25, 0.3) is 10.6 Å². The zero-order chi connectivity index (χ0) is 12.3. The normalized spacial score (nSPS) is 12.6. The van der Waals surface area contributed by atoms with Crippen molar-refractivity contribution in [2.75, 3.05) is 6.54 Å². The molecule has 2 nitrogen and oxygen atoms in total. The molecule has 2 rings (SSSR count). The SMILES string of the molecule is CCNC(C)c1csc(-c2ccccc2F)n1. The van der Waals surface area contributed by atoms with Gasteiger partial charge in [0.05, 0.1) is 5.69 Å². The second-order valence-corrected chi connectivity index (χ2v) is 4.69. The minimum atomic E-state index is -0.218. The highest BCUT2D eigenvalue weighted by Gasteiger charge is 2.12. The lowest BCUT2D eigenvalue weighted by Crippen LogP contribution is -2.17. The molecule has 2 aromatic rings. The van der Waals surface area contributed by atoms with Crippen molar-refractivity contribution in [2.45, 2.75) is 19.9 Å². The summed E-state index contributed by atoms with van der Waals surface area (Å²) in [5.41, 5.74) is 1.54. The van der Waals surface area contributed by atoms with Gasteiger partial charge in [0.25, 0.3) is 0 Å². The highest BCUT2D eigenvalue weighted by Crippen LogP contribution is 2.27. The Morgan fingerprint density at radius 2 is 2.18 bits per heavy atom. The van der Waals surface area contributed by atoms with Gasteiger partial charge in [0.1, 0.15) is 10.8 Å². The Hall–Kier alpha value is -1.26. The van der Waals surface area contributed by atoms with Crippen LogP contribution in [-0.4, -0.2) is 11.5 Å². The molecule has 1 aromatic carbocycles. The average molecular weight is 250 g/mol. The van der Waals surface area contributed by atoms with Crippen molar-refractivity contribution >= 4 is 11.3 Å². The van der Waals surface area contributed by atoms with Crippen molar-refractivity contribution in [3.8, 4) is 10.6 Å². The Kier molecular flexibility index (Phi) is 3.86. The molecule has 0 fully saturated rings. The van der Waals surface area contributed by atoms with Crippen LogP contribution in [0.1, 0.15) is 25.6 Å². The van der Waals surface area contributed by atoms with Gasteiger partial charge in [-0.1, -0.05) is 19.1 Å². The van der Waals surface area contributed by atoms with Gasteiger partial charge < -0.3 is 5.32 Å². The van der Waals surface area contributed by atoms with Gasteiger partial charge in [-0.25, -0.2) is 9.37 Å². The summed E-state index contributed by atoms with van der Waals surface area (Å²) in [5.74, 6) is -0.218. The van der Waals surface area contributed by atoms with E-state index in [0.29, 0.717) is 5.56 Å². The number of nitrogens with zero attached hydrogens (tertiary/aromatic N) is 1. The molecule has 0 saturated carbocycles. The first kappa shape index (κ1) is 12.2. The van der Waals surface area contributed by atoms with Crippen molar-refractivity contribution in [1.82, 2.24) is 10.3 Å². The lowest BCUT2D eigenvalue weighted by molar-refractivity contribution is 0.586. The van der Waals surface area contributed by atoms with Gasteiger partial charge in [0.2, 0.25) is 0 Å². The smallest absolute Gasteiger partial charge is 0.133 e.